The maximum Gasteiger partial charge on any atom is 0.338 e. The van der Waals surface area contributed by atoms with Gasteiger partial charge < -0.3 is 19.4 Å². The van der Waals surface area contributed by atoms with E-state index < -0.39 is 5.97 Å². The van der Waals surface area contributed by atoms with E-state index in [4.69, 9.17) is 9.47 Å². The van der Waals surface area contributed by atoms with Gasteiger partial charge in [0, 0.05) is 44.3 Å². The number of benzene rings is 2. The Bertz CT molecular complexity index is 1030. The molecule has 1 aliphatic heterocycles. The van der Waals surface area contributed by atoms with Gasteiger partial charge >= 0.3 is 5.97 Å². The number of esters is 1. The minimum atomic E-state index is -0.521. The maximum atomic E-state index is 12.3. The molecule has 1 fully saturated rings. The van der Waals surface area contributed by atoms with E-state index in [2.05, 4.69) is 16.3 Å². The lowest BCUT2D eigenvalue weighted by molar-refractivity contribution is -0.124. The Morgan fingerprint density at radius 2 is 1.59 bits per heavy atom. The fourth-order valence-corrected chi connectivity index (χ4v) is 3.62. The van der Waals surface area contributed by atoms with Crippen LogP contribution in [0.1, 0.15) is 21.5 Å². The first-order chi connectivity index (χ1) is 15.7. The van der Waals surface area contributed by atoms with Crippen molar-refractivity contribution in [1.82, 2.24) is 14.8 Å². The van der Waals surface area contributed by atoms with Gasteiger partial charge in [0.05, 0.1) is 18.8 Å². The third-order valence-corrected chi connectivity index (χ3v) is 5.43. The molecular formula is C25H27N3O4. The average molecular weight is 434 g/mol. The van der Waals surface area contributed by atoms with Gasteiger partial charge in [-0.15, -0.1) is 0 Å². The molecule has 0 radical (unpaired) electrons. The minimum absolute atomic E-state index is 0.316. The molecule has 1 aliphatic rings. The second-order valence-corrected chi connectivity index (χ2v) is 7.65. The third kappa shape index (κ3) is 5.84. The predicted molar refractivity (Wildman–Crippen MR) is 120 cm³/mol. The first-order valence-electron chi connectivity index (χ1n) is 10.7. The molecule has 2 heterocycles. The minimum Gasteiger partial charge on any atom is -0.452 e. The largest absolute Gasteiger partial charge is 0.452 e. The van der Waals surface area contributed by atoms with E-state index in [-0.39, 0.29) is 12.5 Å². The molecule has 3 aromatic rings. The number of morpholine rings is 1. The highest BCUT2D eigenvalue weighted by Gasteiger charge is 2.14. The molecule has 7 nitrogen and oxygen atoms in total. The Balaban J connectivity index is 1.25. The predicted octanol–water partition coefficient (Wildman–Crippen LogP) is 2.78. The van der Waals surface area contributed by atoms with Crippen LogP contribution in [0.5, 0.6) is 0 Å². The highest BCUT2D eigenvalue weighted by molar-refractivity contribution is 5.91. The zero-order valence-electron chi connectivity index (χ0n) is 17.9. The van der Waals surface area contributed by atoms with E-state index in [1.54, 1.807) is 12.1 Å². The fourth-order valence-electron chi connectivity index (χ4n) is 3.62. The van der Waals surface area contributed by atoms with Crippen LogP contribution in [0.15, 0.2) is 73.1 Å². The standard InChI is InChI=1S/C25H27N3O4/c29-24(19-32-25(30)20-7-9-23(10-8-20)28-11-3-4-12-28)26-17-21-5-1-2-6-22(21)18-27-13-15-31-16-14-27/h1-12H,13-19H2,(H,26,29). The Labute approximate surface area is 187 Å². The molecular weight excluding hydrogens is 406 g/mol. The molecule has 0 aliphatic carbocycles. The number of amides is 1. The number of hydrogen-bond acceptors (Lipinski definition) is 5. The molecule has 4 rings (SSSR count). The molecule has 1 amide bonds. The van der Waals surface area contributed by atoms with Gasteiger partial charge in [-0.25, -0.2) is 4.79 Å². The second-order valence-electron chi connectivity index (χ2n) is 7.65. The number of ether oxygens (including phenoxy) is 2. The molecule has 0 spiro atoms. The van der Waals surface area contributed by atoms with Gasteiger partial charge in [-0.1, -0.05) is 24.3 Å². The van der Waals surface area contributed by atoms with Crippen LogP contribution < -0.4 is 5.32 Å². The van der Waals surface area contributed by atoms with E-state index in [1.807, 2.05) is 59.4 Å². The number of carbonyl (C=O) groups is 2. The van der Waals surface area contributed by atoms with Crippen molar-refractivity contribution in [3.05, 3.63) is 89.7 Å². The Morgan fingerprint density at radius 3 is 2.31 bits per heavy atom. The van der Waals surface area contributed by atoms with Gasteiger partial charge in [0.15, 0.2) is 6.61 Å². The summed E-state index contributed by atoms with van der Waals surface area (Å²) in [4.78, 5) is 26.9. The van der Waals surface area contributed by atoms with Crippen LogP contribution in [-0.4, -0.2) is 54.3 Å². The van der Waals surface area contributed by atoms with Gasteiger partial charge in [0.1, 0.15) is 0 Å². The van der Waals surface area contributed by atoms with Crippen molar-refractivity contribution >= 4 is 11.9 Å². The molecule has 7 heteroatoms. The first-order valence-corrected chi connectivity index (χ1v) is 10.7. The molecule has 166 valence electrons. The van der Waals surface area contributed by atoms with Gasteiger partial charge in [0.2, 0.25) is 0 Å². The van der Waals surface area contributed by atoms with Crippen molar-refractivity contribution in [3.63, 3.8) is 0 Å². The summed E-state index contributed by atoms with van der Waals surface area (Å²) in [5.74, 6) is -0.851. The lowest BCUT2D eigenvalue weighted by Crippen LogP contribution is -2.36. The van der Waals surface area contributed by atoms with Crippen molar-refractivity contribution in [2.45, 2.75) is 13.1 Å². The number of aromatic nitrogens is 1. The highest BCUT2D eigenvalue weighted by Crippen LogP contribution is 2.13. The molecule has 2 aromatic carbocycles. The Kier molecular flexibility index (Phi) is 7.32. The molecule has 0 saturated carbocycles. The van der Waals surface area contributed by atoms with Crippen LogP contribution in [0.4, 0.5) is 0 Å². The van der Waals surface area contributed by atoms with Crippen LogP contribution >= 0.6 is 0 Å². The maximum absolute atomic E-state index is 12.3. The van der Waals surface area contributed by atoms with Crippen molar-refractivity contribution < 1.29 is 19.1 Å². The zero-order valence-corrected chi connectivity index (χ0v) is 17.9. The third-order valence-electron chi connectivity index (χ3n) is 5.43. The van der Waals surface area contributed by atoms with Crippen molar-refractivity contribution in [2.24, 2.45) is 0 Å². The summed E-state index contributed by atoms with van der Waals surface area (Å²) in [6, 6.07) is 19.0. The second kappa shape index (κ2) is 10.7. The number of nitrogens with one attached hydrogen (secondary N) is 1. The van der Waals surface area contributed by atoms with Crippen LogP contribution in [0.3, 0.4) is 0 Å². The van der Waals surface area contributed by atoms with Gasteiger partial charge in [-0.3, -0.25) is 9.69 Å². The molecule has 32 heavy (non-hydrogen) atoms. The first kappa shape index (κ1) is 21.8. The van der Waals surface area contributed by atoms with Gasteiger partial charge in [-0.05, 0) is 47.5 Å². The van der Waals surface area contributed by atoms with Crippen molar-refractivity contribution in [1.29, 1.82) is 0 Å². The number of nitrogens with zero attached hydrogens (tertiary/aromatic N) is 2. The lowest BCUT2D eigenvalue weighted by atomic mass is 10.1. The van der Waals surface area contributed by atoms with Crippen molar-refractivity contribution in [2.75, 3.05) is 32.9 Å². The van der Waals surface area contributed by atoms with Crippen LogP contribution in [0.2, 0.25) is 0 Å². The summed E-state index contributed by atoms with van der Waals surface area (Å²) in [5, 5.41) is 2.85. The quantitative estimate of drug-likeness (QED) is 0.553. The van der Waals surface area contributed by atoms with E-state index in [9.17, 15) is 9.59 Å². The van der Waals surface area contributed by atoms with E-state index in [0.717, 1.165) is 44.1 Å². The Hall–Kier alpha value is -3.42. The molecule has 1 N–H and O–H groups in total. The number of rotatable bonds is 8. The van der Waals surface area contributed by atoms with E-state index >= 15 is 0 Å². The molecule has 1 aromatic heterocycles. The van der Waals surface area contributed by atoms with Crippen LogP contribution in [-0.2, 0) is 27.4 Å². The highest BCUT2D eigenvalue weighted by atomic mass is 16.5. The topological polar surface area (TPSA) is 72.8 Å². The number of hydrogen-bond donors (Lipinski definition) is 1. The number of carbonyl (C=O) groups excluding carboxylic acids is 2. The molecule has 1 saturated heterocycles. The van der Waals surface area contributed by atoms with Crippen LogP contribution in [0, 0.1) is 0 Å². The summed E-state index contributed by atoms with van der Waals surface area (Å²) in [6.45, 7) is 4.21. The van der Waals surface area contributed by atoms with E-state index in [0.29, 0.717) is 12.1 Å². The van der Waals surface area contributed by atoms with Gasteiger partial charge in [0.25, 0.3) is 5.91 Å². The van der Waals surface area contributed by atoms with Gasteiger partial charge in [-0.2, -0.15) is 0 Å². The van der Waals surface area contributed by atoms with E-state index in [1.165, 1.54) is 5.56 Å². The summed E-state index contributed by atoms with van der Waals surface area (Å²) in [7, 11) is 0. The summed E-state index contributed by atoms with van der Waals surface area (Å²) >= 11 is 0. The summed E-state index contributed by atoms with van der Waals surface area (Å²) in [5.41, 5.74) is 3.58. The smallest absolute Gasteiger partial charge is 0.338 e. The molecule has 0 bridgehead atoms. The lowest BCUT2D eigenvalue weighted by Gasteiger charge is -2.27. The zero-order chi connectivity index (χ0) is 22.2. The summed E-state index contributed by atoms with van der Waals surface area (Å²) < 4.78 is 12.5. The molecule has 0 unspecified atom stereocenters. The normalized spacial score (nSPS) is 14.1. The van der Waals surface area contributed by atoms with Crippen molar-refractivity contribution in [3.8, 4) is 5.69 Å². The average Bonchev–Trinajstić information content (AvgIpc) is 3.38. The Morgan fingerprint density at radius 1 is 0.906 bits per heavy atom. The van der Waals surface area contributed by atoms with Crippen LogP contribution in [0.25, 0.3) is 5.69 Å². The SMILES string of the molecule is O=C(COC(=O)c1ccc(-n2cccc2)cc1)NCc1ccccc1CN1CCOCC1. The molecule has 0 atom stereocenters. The monoisotopic (exact) mass is 433 g/mol. The summed E-state index contributed by atoms with van der Waals surface area (Å²) in [6.07, 6.45) is 3.85. The fraction of sp³-hybridized carbons (Fsp3) is 0.280.